The average molecular weight is 417 g/mol. The molecule has 0 fully saturated rings. The molecule has 1 aromatic carbocycles. The van der Waals surface area contributed by atoms with Crippen molar-refractivity contribution in [1.82, 2.24) is 24.5 Å². The molecule has 0 aliphatic carbocycles. The number of nitrogens with zero attached hydrogens (tertiary/aromatic N) is 5. The third-order valence-corrected chi connectivity index (χ3v) is 4.84. The van der Waals surface area contributed by atoms with Gasteiger partial charge in [-0.25, -0.2) is 14.1 Å². The Morgan fingerprint density at radius 2 is 1.80 bits per heavy atom. The molecule has 0 N–H and O–H groups in total. The van der Waals surface area contributed by atoms with E-state index in [1.807, 2.05) is 6.92 Å². The summed E-state index contributed by atoms with van der Waals surface area (Å²) in [6.45, 7) is 6.01. The molecule has 9 heteroatoms. The van der Waals surface area contributed by atoms with Gasteiger partial charge in [0.25, 0.3) is 0 Å². The summed E-state index contributed by atoms with van der Waals surface area (Å²) in [5.74, 6) is -0.721. The fraction of sp³-hybridized carbons (Fsp3) is 0.286. The monoisotopic (exact) mass is 417 g/mol. The average Bonchev–Trinajstić information content (AvgIpc) is 3.32. The fourth-order valence-electron chi connectivity index (χ4n) is 3.35. The van der Waals surface area contributed by atoms with E-state index in [0.717, 1.165) is 6.07 Å². The van der Waals surface area contributed by atoms with Gasteiger partial charge in [-0.3, -0.25) is 4.68 Å². The first-order valence-electron chi connectivity index (χ1n) is 9.48. The molecule has 30 heavy (non-hydrogen) atoms. The number of hydrogen-bond donors (Lipinski definition) is 0. The molecule has 5 nitrogen and oxygen atoms in total. The Balaban J connectivity index is 2.07. The molecule has 0 atom stereocenters. The lowest BCUT2D eigenvalue weighted by molar-refractivity contribution is -0.136. The summed E-state index contributed by atoms with van der Waals surface area (Å²) in [5, 5.41) is 8.52. The number of pyridine rings is 1. The second kappa shape index (κ2) is 7.23. The van der Waals surface area contributed by atoms with E-state index in [2.05, 4.69) is 15.2 Å². The van der Waals surface area contributed by atoms with Crippen LogP contribution in [0.4, 0.5) is 17.6 Å². The lowest BCUT2D eigenvalue weighted by atomic mass is 10.0. The second-order valence-corrected chi connectivity index (χ2v) is 7.26. The zero-order valence-corrected chi connectivity index (χ0v) is 16.6. The summed E-state index contributed by atoms with van der Waals surface area (Å²) in [4.78, 5) is 4.52. The fourth-order valence-corrected chi connectivity index (χ4v) is 3.35. The van der Waals surface area contributed by atoms with Crippen LogP contribution in [0.5, 0.6) is 0 Å². The smallest absolute Gasteiger partial charge is 0.272 e. The molecule has 0 unspecified atom stereocenters. The molecular weight excluding hydrogens is 398 g/mol. The summed E-state index contributed by atoms with van der Waals surface area (Å²) in [6, 6.07) is 6.43. The minimum atomic E-state index is -4.60. The van der Waals surface area contributed by atoms with E-state index < -0.39 is 17.6 Å². The number of aryl methyl sites for hydroxylation is 1. The predicted molar refractivity (Wildman–Crippen MR) is 105 cm³/mol. The van der Waals surface area contributed by atoms with Crippen LogP contribution >= 0.6 is 0 Å². The van der Waals surface area contributed by atoms with Gasteiger partial charge in [0, 0.05) is 18.3 Å². The highest BCUT2D eigenvalue weighted by Crippen LogP contribution is 2.40. The van der Waals surface area contributed by atoms with Gasteiger partial charge >= 0.3 is 6.18 Å². The quantitative estimate of drug-likeness (QED) is 0.407. The van der Waals surface area contributed by atoms with Gasteiger partial charge in [-0.2, -0.15) is 23.4 Å². The van der Waals surface area contributed by atoms with E-state index in [4.69, 9.17) is 0 Å². The van der Waals surface area contributed by atoms with E-state index in [9.17, 15) is 17.6 Å². The van der Waals surface area contributed by atoms with Gasteiger partial charge in [-0.15, -0.1) is 0 Å². The number of rotatable bonds is 4. The van der Waals surface area contributed by atoms with Crippen LogP contribution in [-0.4, -0.2) is 24.5 Å². The Hall–Kier alpha value is -3.23. The third-order valence-electron chi connectivity index (χ3n) is 4.84. The number of halogens is 4. The molecule has 0 aliphatic heterocycles. The normalized spacial score (nSPS) is 12.3. The Labute approximate surface area is 170 Å². The maximum Gasteiger partial charge on any atom is 0.417 e. The number of hydrogen-bond acceptors (Lipinski definition) is 3. The Kier molecular flexibility index (Phi) is 4.83. The van der Waals surface area contributed by atoms with Crippen LogP contribution in [-0.2, 0) is 12.7 Å². The summed E-state index contributed by atoms with van der Waals surface area (Å²) in [7, 11) is 0. The molecule has 0 aliphatic rings. The summed E-state index contributed by atoms with van der Waals surface area (Å²) < 4.78 is 58.5. The lowest BCUT2D eigenvalue weighted by Gasteiger charge is -2.12. The lowest BCUT2D eigenvalue weighted by Crippen LogP contribution is -2.08. The molecule has 0 spiro atoms. The van der Waals surface area contributed by atoms with Crippen LogP contribution in [0.25, 0.3) is 28.0 Å². The zero-order chi connectivity index (χ0) is 21.6. The minimum absolute atomic E-state index is 0.0477. The van der Waals surface area contributed by atoms with Gasteiger partial charge in [0.15, 0.2) is 5.65 Å². The number of benzene rings is 1. The standard InChI is InChI=1S/C21H19F4N5/c1-4-29-11-13(10-26-29)17-9-16(21(23,24)25)18-19(12(2)3)28-30(20(18)27-17)15-7-5-14(22)6-8-15/h5-12H,4H2,1-3H3. The van der Waals surface area contributed by atoms with Crippen LogP contribution < -0.4 is 0 Å². The first-order chi connectivity index (χ1) is 14.2. The summed E-state index contributed by atoms with van der Waals surface area (Å²) in [6.07, 6.45) is -1.47. The van der Waals surface area contributed by atoms with E-state index in [-0.39, 0.29) is 28.3 Å². The number of fused-ring (bicyclic) bond motifs is 1. The highest BCUT2D eigenvalue weighted by molar-refractivity contribution is 5.87. The van der Waals surface area contributed by atoms with Crippen molar-refractivity contribution >= 4 is 11.0 Å². The van der Waals surface area contributed by atoms with Gasteiger partial charge in [0.2, 0.25) is 0 Å². The van der Waals surface area contributed by atoms with Gasteiger partial charge in [0.05, 0.1) is 34.2 Å². The molecule has 0 saturated heterocycles. The third kappa shape index (κ3) is 3.44. The first kappa shape index (κ1) is 20.1. The van der Waals surface area contributed by atoms with Crippen molar-refractivity contribution in [3.8, 4) is 16.9 Å². The Morgan fingerprint density at radius 3 is 2.37 bits per heavy atom. The van der Waals surface area contributed by atoms with Gasteiger partial charge < -0.3 is 0 Å². The first-order valence-corrected chi connectivity index (χ1v) is 9.48. The second-order valence-electron chi connectivity index (χ2n) is 7.26. The molecule has 3 heterocycles. The van der Waals surface area contributed by atoms with E-state index in [0.29, 0.717) is 17.8 Å². The van der Waals surface area contributed by atoms with Gasteiger partial charge in [-0.05, 0) is 43.2 Å². The minimum Gasteiger partial charge on any atom is -0.272 e. The molecule has 0 bridgehead atoms. The largest absolute Gasteiger partial charge is 0.417 e. The van der Waals surface area contributed by atoms with Crippen molar-refractivity contribution in [2.24, 2.45) is 0 Å². The van der Waals surface area contributed by atoms with Crippen molar-refractivity contribution in [2.75, 3.05) is 0 Å². The van der Waals surface area contributed by atoms with Crippen molar-refractivity contribution in [2.45, 2.75) is 39.4 Å². The number of alkyl halides is 3. The molecule has 3 aromatic heterocycles. The zero-order valence-electron chi connectivity index (χ0n) is 16.6. The van der Waals surface area contributed by atoms with Crippen LogP contribution in [0.2, 0.25) is 0 Å². The molecule has 0 saturated carbocycles. The van der Waals surface area contributed by atoms with Crippen LogP contribution in [0.15, 0.2) is 42.7 Å². The topological polar surface area (TPSA) is 48.5 Å². The molecule has 0 amide bonds. The van der Waals surface area contributed by atoms with Crippen molar-refractivity contribution in [3.63, 3.8) is 0 Å². The molecule has 156 valence electrons. The maximum atomic E-state index is 14.1. The highest BCUT2D eigenvalue weighted by atomic mass is 19.4. The van der Waals surface area contributed by atoms with Gasteiger partial charge in [-0.1, -0.05) is 13.8 Å². The van der Waals surface area contributed by atoms with Crippen molar-refractivity contribution in [3.05, 3.63) is 59.8 Å². The molecule has 4 aromatic rings. The van der Waals surface area contributed by atoms with Gasteiger partial charge in [0.1, 0.15) is 5.82 Å². The Morgan fingerprint density at radius 1 is 1.10 bits per heavy atom. The molecular formula is C21H19F4N5. The SMILES string of the molecule is CCn1cc(-c2cc(C(F)(F)F)c3c(C(C)C)nn(-c4ccc(F)cc4)c3n2)cn1. The van der Waals surface area contributed by atoms with Crippen molar-refractivity contribution < 1.29 is 17.6 Å². The molecule has 0 radical (unpaired) electrons. The van der Waals surface area contributed by atoms with E-state index in [1.165, 1.54) is 35.1 Å². The van der Waals surface area contributed by atoms with Crippen molar-refractivity contribution in [1.29, 1.82) is 0 Å². The maximum absolute atomic E-state index is 14.1. The van der Waals surface area contributed by atoms with Crippen LogP contribution in [0.3, 0.4) is 0 Å². The summed E-state index contributed by atoms with van der Waals surface area (Å²) in [5.41, 5.74) is 0.596. The van der Waals surface area contributed by atoms with E-state index >= 15 is 0 Å². The van der Waals surface area contributed by atoms with E-state index in [1.54, 1.807) is 24.7 Å². The van der Waals surface area contributed by atoms with Crippen LogP contribution in [0.1, 0.15) is 37.9 Å². The van der Waals surface area contributed by atoms with Crippen LogP contribution in [0, 0.1) is 5.82 Å². The predicted octanol–water partition coefficient (Wildman–Crippen LogP) is 5.59. The number of aromatic nitrogens is 5. The highest BCUT2D eigenvalue weighted by Gasteiger charge is 2.37. The Bertz CT molecular complexity index is 1200. The summed E-state index contributed by atoms with van der Waals surface area (Å²) >= 11 is 0. The molecule has 4 rings (SSSR count).